The SMILES string of the molecule is CN(Cc1ccc(Cl)c(Cl)c1)C(=O)c1cn(-c2ccccc2)nc1-c1cccnc1. The second-order valence-electron chi connectivity index (χ2n) is 6.82. The van der Waals surface area contributed by atoms with E-state index in [2.05, 4.69) is 10.1 Å². The lowest BCUT2D eigenvalue weighted by atomic mass is 10.1. The van der Waals surface area contributed by atoms with Crippen LogP contribution in [-0.4, -0.2) is 32.6 Å². The summed E-state index contributed by atoms with van der Waals surface area (Å²) in [6.07, 6.45) is 5.15. The summed E-state index contributed by atoms with van der Waals surface area (Å²) >= 11 is 12.1. The molecule has 2 aromatic carbocycles. The number of nitrogens with zero attached hydrogens (tertiary/aromatic N) is 4. The first kappa shape index (κ1) is 20.1. The third kappa shape index (κ3) is 4.22. The first-order valence-corrected chi connectivity index (χ1v) is 10.0. The van der Waals surface area contributed by atoms with E-state index in [1.165, 1.54) is 0 Å². The molecule has 0 radical (unpaired) electrons. The maximum Gasteiger partial charge on any atom is 0.257 e. The molecule has 0 aliphatic heterocycles. The zero-order chi connectivity index (χ0) is 21.1. The first-order valence-electron chi connectivity index (χ1n) is 9.28. The molecule has 2 aromatic heterocycles. The average molecular weight is 437 g/mol. The molecule has 0 fully saturated rings. The molecule has 4 aromatic rings. The van der Waals surface area contributed by atoms with Gasteiger partial charge in [-0.2, -0.15) is 5.10 Å². The summed E-state index contributed by atoms with van der Waals surface area (Å²) in [6, 6.07) is 18.7. The molecule has 0 N–H and O–H groups in total. The predicted molar refractivity (Wildman–Crippen MR) is 119 cm³/mol. The Morgan fingerprint density at radius 3 is 2.53 bits per heavy atom. The zero-order valence-electron chi connectivity index (χ0n) is 16.2. The number of aromatic nitrogens is 3. The van der Waals surface area contributed by atoms with Crippen molar-refractivity contribution >= 4 is 29.1 Å². The fourth-order valence-electron chi connectivity index (χ4n) is 3.15. The summed E-state index contributed by atoms with van der Waals surface area (Å²) in [6.45, 7) is 0.388. The average Bonchev–Trinajstić information content (AvgIpc) is 3.22. The van der Waals surface area contributed by atoms with Gasteiger partial charge in [0, 0.05) is 37.7 Å². The number of hydrogen-bond acceptors (Lipinski definition) is 3. The topological polar surface area (TPSA) is 51.0 Å². The minimum absolute atomic E-state index is 0.151. The number of carbonyl (C=O) groups is 1. The standard InChI is InChI=1S/C23H18Cl2N4O/c1-28(14-16-9-10-20(24)21(25)12-16)23(30)19-15-29(18-7-3-2-4-8-18)27-22(19)17-6-5-11-26-13-17/h2-13,15H,14H2,1H3. The van der Waals surface area contributed by atoms with Gasteiger partial charge in [0.2, 0.25) is 0 Å². The Kier molecular flexibility index (Phi) is 5.84. The van der Waals surface area contributed by atoms with Gasteiger partial charge in [-0.25, -0.2) is 4.68 Å². The maximum atomic E-state index is 13.3. The van der Waals surface area contributed by atoms with Crippen LogP contribution in [0, 0.1) is 0 Å². The summed E-state index contributed by atoms with van der Waals surface area (Å²) < 4.78 is 1.71. The number of para-hydroxylation sites is 1. The Balaban J connectivity index is 1.70. The van der Waals surface area contributed by atoms with Crippen LogP contribution in [0.5, 0.6) is 0 Å². The van der Waals surface area contributed by atoms with Gasteiger partial charge in [0.15, 0.2) is 0 Å². The van der Waals surface area contributed by atoms with Crippen molar-refractivity contribution in [2.45, 2.75) is 6.54 Å². The molecular weight excluding hydrogens is 419 g/mol. The van der Waals surface area contributed by atoms with Crippen LogP contribution in [0.4, 0.5) is 0 Å². The molecule has 0 atom stereocenters. The van der Waals surface area contributed by atoms with Gasteiger partial charge in [-0.3, -0.25) is 9.78 Å². The lowest BCUT2D eigenvalue weighted by molar-refractivity contribution is 0.0786. The fourth-order valence-corrected chi connectivity index (χ4v) is 3.47. The van der Waals surface area contributed by atoms with Gasteiger partial charge in [-0.1, -0.05) is 47.5 Å². The van der Waals surface area contributed by atoms with Crippen molar-refractivity contribution < 1.29 is 4.79 Å². The lowest BCUT2D eigenvalue weighted by Crippen LogP contribution is -2.26. The summed E-state index contributed by atoms with van der Waals surface area (Å²) in [5.74, 6) is -0.151. The number of halogens is 2. The lowest BCUT2D eigenvalue weighted by Gasteiger charge is -2.17. The molecule has 0 unspecified atom stereocenters. The zero-order valence-corrected chi connectivity index (χ0v) is 17.7. The van der Waals surface area contributed by atoms with Crippen molar-refractivity contribution in [3.05, 3.63) is 100 Å². The van der Waals surface area contributed by atoms with Crippen LogP contribution in [0.2, 0.25) is 10.0 Å². The summed E-state index contributed by atoms with van der Waals surface area (Å²) in [4.78, 5) is 19.1. The molecule has 0 spiro atoms. The first-order chi connectivity index (χ1) is 14.5. The van der Waals surface area contributed by atoms with E-state index in [1.807, 2.05) is 48.5 Å². The molecule has 0 aliphatic rings. The molecule has 5 nitrogen and oxygen atoms in total. The summed E-state index contributed by atoms with van der Waals surface area (Å²) in [5.41, 5.74) is 3.61. The van der Waals surface area contributed by atoms with E-state index < -0.39 is 0 Å². The number of amides is 1. The Bertz CT molecular complexity index is 1180. The van der Waals surface area contributed by atoms with Crippen LogP contribution < -0.4 is 0 Å². The number of rotatable bonds is 5. The van der Waals surface area contributed by atoms with Crippen LogP contribution in [0.1, 0.15) is 15.9 Å². The minimum atomic E-state index is -0.151. The van der Waals surface area contributed by atoms with E-state index in [1.54, 1.807) is 47.4 Å². The third-order valence-electron chi connectivity index (χ3n) is 4.65. The van der Waals surface area contributed by atoms with E-state index in [-0.39, 0.29) is 5.91 Å². The molecule has 0 aliphatic carbocycles. The van der Waals surface area contributed by atoms with Gasteiger partial charge in [-0.05, 0) is 42.0 Å². The number of benzene rings is 2. The van der Waals surface area contributed by atoms with Crippen LogP contribution in [0.3, 0.4) is 0 Å². The Morgan fingerprint density at radius 2 is 1.83 bits per heavy atom. The van der Waals surface area contributed by atoms with Crippen molar-refractivity contribution in [1.82, 2.24) is 19.7 Å². The van der Waals surface area contributed by atoms with Crippen molar-refractivity contribution in [3.8, 4) is 16.9 Å². The molecule has 2 heterocycles. The Hall–Kier alpha value is -3.15. The van der Waals surface area contributed by atoms with E-state index in [0.717, 1.165) is 16.8 Å². The minimum Gasteiger partial charge on any atom is -0.337 e. The molecule has 0 saturated heterocycles. The quantitative estimate of drug-likeness (QED) is 0.414. The van der Waals surface area contributed by atoms with Crippen molar-refractivity contribution in [1.29, 1.82) is 0 Å². The van der Waals surface area contributed by atoms with Crippen LogP contribution in [-0.2, 0) is 6.54 Å². The highest BCUT2D eigenvalue weighted by Crippen LogP contribution is 2.26. The van der Waals surface area contributed by atoms with Crippen molar-refractivity contribution in [2.75, 3.05) is 7.05 Å². The molecule has 0 saturated carbocycles. The largest absolute Gasteiger partial charge is 0.337 e. The molecular formula is C23H18Cl2N4O. The summed E-state index contributed by atoms with van der Waals surface area (Å²) in [7, 11) is 1.75. The highest BCUT2D eigenvalue weighted by molar-refractivity contribution is 6.42. The smallest absolute Gasteiger partial charge is 0.257 e. The third-order valence-corrected chi connectivity index (χ3v) is 5.39. The predicted octanol–water partition coefficient (Wildman–Crippen LogP) is 5.51. The molecule has 1 amide bonds. The number of carbonyl (C=O) groups excluding carboxylic acids is 1. The maximum absolute atomic E-state index is 13.3. The van der Waals surface area contributed by atoms with Gasteiger partial charge >= 0.3 is 0 Å². The second kappa shape index (κ2) is 8.69. The fraction of sp³-hybridized carbons (Fsp3) is 0.0870. The Labute approximate surface area is 184 Å². The highest BCUT2D eigenvalue weighted by atomic mass is 35.5. The van der Waals surface area contributed by atoms with Crippen LogP contribution >= 0.6 is 23.2 Å². The van der Waals surface area contributed by atoms with Gasteiger partial charge in [0.05, 0.1) is 21.3 Å². The van der Waals surface area contributed by atoms with Crippen LogP contribution in [0.25, 0.3) is 16.9 Å². The highest BCUT2D eigenvalue weighted by Gasteiger charge is 2.22. The molecule has 30 heavy (non-hydrogen) atoms. The van der Waals surface area contributed by atoms with Gasteiger partial charge < -0.3 is 4.90 Å². The number of pyridine rings is 1. The van der Waals surface area contributed by atoms with E-state index in [0.29, 0.717) is 27.8 Å². The van der Waals surface area contributed by atoms with Crippen LogP contribution in [0.15, 0.2) is 79.3 Å². The van der Waals surface area contributed by atoms with E-state index in [9.17, 15) is 4.79 Å². The van der Waals surface area contributed by atoms with Gasteiger partial charge in [0.25, 0.3) is 5.91 Å². The van der Waals surface area contributed by atoms with Gasteiger partial charge in [0.1, 0.15) is 5.69 Å². The van der Waals surface area contributed by atoms with Gasteiger partial charge in [-0.15, -0.1) is 0 Å². The van der Waals surface area contributed by atoms with Crippen molar-refractivity contribution in [3.63, 3.8) is 0 Å². The Morgan fingerprint density at radius 1 is 1.03 bits per heavy atom. The monoisotopic (exact) mass is 436 g/mol. The molecule has 150 valence electrons. The second-order valence-corrected chi connectivity index (χ2v) is 7.64. The van der Waals surface area contributed by atoms with Crippen molar-refractivity contribution in [2.24, 2.45) is 0 Å². The molecule has 0 bridgehead atoms. The van der Waals surface area contributed by atoms with E-state index >= 15 is 0 Å². The van der Waals surface area contributed by atoms with E-state index in [4.69, 9.17) is 23.2 Å². The normalized spacial score (nSPS) is 10.8. The molecule has 4 rings (SSSR count). The number of hydrogen-bond donors (Lipinski definition) is 0. The summed E-state index contributed by atoms with van der Waals surface area (Å²) in [5, 5.41) is 5.62. The molecule has 7 heteroatoms.